The highest BCUT2D eigenvalue weighted by molar-refractivity contribution is 6.30. The SMILES string of the molecule is Nc1ccc(F)cc1OCc1ccc(Cl)cc1F. The molecule has 2 aromatic carbocycles. The Kier molecular flexibility index (Phi) is 3.67. The fourth-order valence-electron chi connectivity index (χ4n) is 1.43. The van der Waals surface area contributed by atoms with E-state index in [-0.39, 0.29) is 12.4 Å². The second-order valence-corrected chi connectivity index (χ2v) is 4.14. The van der Waals surface area contributed by atoms with Crippen molar-refractivity contribution >= 4 is 17.3 Å². The average molecular weight is 270 g/mol. The summed E-state index contributed by atoms with van der Waals surface area (Å²) in [6.45, 7) is -0.0450. The lowest BCUT2D eigenvalue weighted by molar-refractivity contribution is 0.300. The quantitative estimate of drug-likeness (QED) is 0.861. The first kappa shape index (κ1) is 12.6. The van der Waals surface area contributed by atoms with Crippen LogP contribution < -0.4 is 10.5 Å². The van der Waals surface area contributed by atoms with Crippen molar-refractivity contribution in [3.63, 3.8) is 0 Å². The Hall–Kier alpha value is -1.81. The van der Waals surface area contributed by atoms with E-state index in [9.17, 15) is 8.78 Å². The van der Waals surface area contributed by atoms with Gasteiger partial charge in [0.15, 0.2) is 0 Å². The van der Waals surface area contributed by atoms with Crippen LogP contribution in [-0.4, -0.2) is 0 Å². The Labute approximate surface area is 108 Å². The van der Waals surface area contributed by atoms with Gasteiger partial charge in [0.05, 0.1) is 5.69 Å². The van der Waals surface area contributed by atoms with Gasteiger partial charge in [-0.2, -0.15) is 0 Å². The Morgan fingerprint density at radius 2 is 1.89 bits per heavy atom. The summed E-state index contributed by atoms with van der Waals surface area (Å²) >= 11 is 5.63. The van der Waals surface area contributed by atoms with Crippen LogP contribution in [0.4, 0.5) is 14.5 Å². The number of benzene rings is 2. The van der Waals surface area contributed by atoms with Crippen molar-refractivity contribution < 1.29 is 13.5 Å². The van der Waals surface area contributed by atoms with Gasteiger partial charge in [0.25, 0.3) is 0 Å². The minimum atomic E-state index is -0.475. The predicted molar refractivity (Wildman–Crippen MR) is 66.6 cm³/mol. The molecule has 18 heavy (non-hydrogen) atoms. The van der Waals surface area contributed by atoms with Crippen molar-refractivity contribution in [3.05, 3.63) is 58.6 Å². The van der Waals surface area contributed by atoms with Crippen molar-refractivity contribution in [3.8, 4) is 5.75 Å². The normalized spacial score (nSPS) is 10.4. The Balaban J connectivity index is 2.13. The number of hydrogen-bond donors (Lipinski definition) is 1. The molecule has 0 spiro atoms. The Bertz CT molecular complexity index is 575. The molecule has 5 heteroatoms. The molecule has 0 atom stereocenters. The number of halogens is 3. The molecule has 0 aliphatic heterocycles. The number of ether oxygens (including phenoxy) is 1. The molecule has 0 fully saturated rings. The molecule has 2 rings (SSSR count). The number of nitrogens with two attached hydrogens (primary N) is 1. The number of hydrogen-bond acceptors (Lipinski definition) is 2. The summed E-state index contributed by atoms with van der Waals surface area (Å²) in [5, 5.41) is 0.307. The zero-order valence-electron chi connectivity index (χ0n) is 9.29. The van der Waals surface area contributed by atoms with Crippen LogP contribution in [0.25, 0.3) is 0 Å². The van der Waals surface area contributed by atoms with Crippen LogP contribution in [0.1, 0.15) is 5.56 Å². The zero-order valence-corrected chi connectivity index (χ0v) is 10.0. The summed E-state index contributed by atoms with van der Waals surface area (Å²) in [5.41, 5.74) is 6.23. The summed E-state index contributed by atoms with van der Waals surface area (Å²) in [7, 11) is 0. The van der Waals surface area contributed by atoms with Crippen molar-refractivity contribution in [2.24, 2.45) is 0 Å². The van der Waals surface area contributed by atoms with E-state index in [1.165, 1.54) is 24.3 Å². The smallest absolute Gasteiger partial charge is 0.145 e. The highest BCUT2D eigenvalue weighted by Crippen LogP contribution is 2.24. The van der Waals surface area contributed by atoms with E-state index in [0.29, 0.717) is 16.3 Å². The van der Waals surface area contributed by atoms with Crippen LogP contribution in [0.3, 0.4) is 0 Å². The van der Waals surface area contributed by atoms with Gasteiger partial charge in [-0.1, -0.05) is 17.7 Å². The van der Waals surface area contributed by atoms with Gasteiger partial charge in [0.1, 0.15) is 24.0 Å². The first-order valence-electron chi connectivity index (χ1n) is 5.18. The van der Waals surface area contributed by atoms with Gasteiger partial charge in [-0.05, 0) is 24.3 Å². The van der Waals surface area contributed by atoms with Crippen LogP contribution in [-0.2, 0) is 6.61 Å². The fourth-order valence-corrected chi connectivity index (χ4v) is 1.59. The third-order valence-electron chi connectivity index (χ3n) is 2.37. The van der Waals surface area contributed by atoms with E-state index in [1.807, 2.05) is 0 Å². The molecule has 0 saturated heterocycles. The van der Waals surface area contributed by atoms with Gasteiger partial charge in [0.2, 0.25) is 0 Å². The maximum atomic E-state index is 13.5. The second kappa shape index (κ2) is 5.23. The summed E-state index contributed by atoms with van der Waals surface area (Å²) in [5.74, 6) is -0.752. The van der Waals surface area contributed by atoms with E-state index in [4.69, 9.17) is 22.1 Å². The first-order valence-corrected chi connectivity index (χ1v) is 5.56. The third kappa shape index (κ3) is 2.90. The van der Waals surface area contributed by atoms with Gasteiger partial charge in [-0.15, -0.1) is 0 Å². The second-order valence-electron chi connectivity index (χ2n) is 3.71. The van der Waals surface area contributed by atoms with Crippen molar-refractivity contribution in [2.75, 3.05) is 5.73 Å². The summed E-state index contributed by atoms with van der Waals surface area (Å²) < 4.78 is 31.7. The highest BCUT2D eigenvalue weighted by atomic mass is 35.5. The maximum Gasteiger partial charge on any atom is 0.145 e. The monoisotopic (exact) mass is 269 g/mol. The lowest BCUT2D eigenvalue weighted by Crippen LogP contribution is -2.01. The summed E-state index contributed by atoms with van der Waals surface area (Å²) in [6.07, 6.45) is 0. The molecule has 2 N–H and O–H groups in total. The van der Waals surface area contributed by atoms with E-state index in [0.717, 1.165) is 6.07 Å². The first-order chi connectivity index (χ1) is 8.56. The molecule has 0 amide bonds. The molecule has 0 heterocycles. The molecule has 0 unspecified atom stereocenters. The minimum absolute atomic E-state index is 0.0450. The Morgan fingerprint density at radius 1 is 1.11 bits per heavy atom. The predicted octanol–water partition coefficient (Wildman–Crippen LogP) is 3.78. The molecular formula is C13H10ClF2NO. The van der Waals surface area contributed by atoms with Crippen molar-refractivity contribution in [2.45, 2.75) is 6.61 Å². The largest absolute Gasteiger partial charge is 0.487 e. The van der Waals surface area contributed by atoms with Crippen LogP contribution in [0.5, 0.6) is 5.75 Å². The van der Waals surface area contributed by atoms with E-state index in [1.54, 1.807) is 6.07 Å². The molecule has 0 bridgehead atoms. The maximum absolute atomic E-state index is 13.5. The fraction of sp³-hybridized carbons (Fsp3) is 0.0769. The van der Waals surface area contributed by atoms with Gasteiger partial charge in [-0.25, -0.2) is 8.78 Å². The average Bonchev–Trinajstić information content (AvgIpc) is 2.32. The molecule has 0 aliphatic carbocycles. The van der Waals surface area contributed by atoms with Gasteiger partial charge in [0, 0.05) is 16.7 Å². The molecule has 2 nitrogen and oxygen atoms in total. The topological polar surface area (TPSA) is 35.2 Å². The van der Waals surface area contributed by atoms with Crippen LogP contribution in [0, 0.1) is 11.6 Å². The lowest BCUT2D eigenvalue weighted by atomic mass is 10.2. The van der Waals surface area contributed by atoms with E-state index >= 15 is 0 Å². The van der Waals surface area contributed by atoms with Gasteiger partial charge < -0.3 is 10.5 Å². The molecular weight excluding hydrogens is 260 g/mol. The third-order valence-corrected chi connectivity index (χ3v) is 2.61. The van der Waals surface area contributed by atoms with Crippen LogP contribution in [0.15, 0.2) is 36.4 Å². The number of nitrogen functional groups attached to an aromatic ring is 1. The molecule has 2 aromatic rings. The number of anilines is 1. The van der Waals surface area contributed by atoms with E-state index < -0.39 is 11.6 Å². The van der Waals surface area contributed by atoms with E-state index in [2.05, 4.69) is 0 Å². The minimum Gasteiger partial charge on any atom is -0.487 e. The van der Waals surface area contributed by atoms with Crippen molar-refractivity contribution in [1.82, 2.24) is 0 Å². The van der Waals surface area contributed by atoms with Gasteiger partial charge >= 0.3 is 0 Å². The lowest BCUT2D eigenvalue weighted by Gasteiger charge is -2.09. The Morgan fingerprint density at radius 3 is 2.61 bits per heavy atom. The summed E-state index contributed by atoms with van der Waals surface area (Å²) in [4.78, 5) is 0. The van der Waals surface area contributed by atoms with Crippen LogP contribution in [0.2, 0.25) is 5.02 Å². The summed E-state index contributed by atoms with van der Waals surface area (Å²) in [6, 6.07) is 8.03. The molecule has 0 radical (unpaired) electrons. The molecule has 94 valence electrons. The van der Waals surface area contributed by atoms with Gasteiger partial charge in [-0.3, -0.25) is 0 Å². The zero-order chi connectivity index (χ0) is 13.1. The number of rotatable bonds is 3. The van der Waals surface area contributed by atoms with Crippen molar-refractivity contribution in [1.29, 1.82) is 0 Å². The molecule has 0 aliphatic rings. The molecule has 0 aromatic heterocycles. The van der Waals surface area contributed by atoms with Crippen LogP contribution >= 0.6 is 11.6 Å². The molecule has 0 saturated carbocycles. The standard InChI is InChI=1S/C13H10ClF2NO/c14-9-2-1-8(11(16)5-9)7-18-13-6-10(15)3-4-12(13)17/h1-6H,7,17H2. The highest BCUT2D eigenvalue weighted by Gasteiger charge is 2.06.